The third kappa shape index (κ3) is 2.23. The molecular formula is C8H13NO. The highest BCUT2D eigenvalue weighted by molar-refractivity contribution is 5.08. The summed E-state index contributed by atoms with van der Waals surface area (Å²) in [6, 6.07) is 2.03. The van der Waals surface area contributed by atoms with E-state index in [9.17, 15) is 0 Å². The molecule has 0 unspecified atom stereocenters. The largest absolute Gasteiger partial charge is 0.393 e. The van der Waals surface area contributed by atoms with Gasteiger partial charge >= 0.3 is 0 Å². The van der Waals surface area contributed by atoms with Crippen LogP contribution in [0.2, 0.25) is 0 Å². The summed E-state index contributed by atoms with van der Waals surface area (Å²) in [5.41, 5.74) is 1.26. The van der Waals surface area contributed by atoms with Gasteiger partial charge in [-0.05, 0) is 31.4 Å². The van der Waals surface area contributed by atoms with E-state index in [2.05, 4.69) is 4.98 Å². The highest BCUT2D eigenvalue weighted by Gasteiger charge is 1.96. The molecule has 0 aliphatic carbocycles. The highest BCUT2D eigenvalue weighted by atomic mass is 16.3. The summed E-state index contributed by atoms with van der Waals surface area (Å²) in [6.07, 6.45) is 5.48. The van der Waals surface area contributed by atoms with E-state index < -0.39 is 0 Å². The molecule has 0 aliphatic rings. The van der Waals surface area contributed by atoms with Gasteiger partial charge < -0.3 is 10.1 Å². The quantitative estimate of drug-likeness (QED) is 0.651. The Labute approximate surface area is 60.9 Å². The molecule has 1 aromatic heterocycles. The smallest absolute Gasteiger partial charge is 0.0515 e. The lowest BCUT2D eigenvalue weighted by Crippen LogP contribution is -2.00. The van der Waals surface area contributed by atoms with Gasteiger partial charge in [0, 0.05) is 12.4 Å². The summed E-state index contributed by atoms with van der Waals surface area (Å²) in [5, 5.41) is 8.94. The number of hydrogen-bond donors (Lipinski definition) is 2. The Balaban J connectivity index is 2.28. The molecule has 56 valence electrons. The Hall–Kier alpha value is -0.760. The van der Waals surface area contributed by atoms with E-state index in [-0.39, 0.29) is 6.10 Å². The Bertz CT molecular complexity index is 167. The first-order valence-corrected chi connectivity index (χ1v) is 3.59. The zero-order chi connectivity index (χ0) is 7.40. The van der Waals surface area contributed by atoms with Gasteiger partial charge in [0.15, 0.2) is 0 Å². The van der Waals surface area contributed by atoms with E-state index in [1.807, 2.05) is 25.4 Å². The molecule has 2 N–H and O–H groups in total. The third-order valence-corrected chi connectivity index (χ3v) is 1.51. The third-order valence-electron chi connectivity index (χ3n) is 1.51. The van der Waals surface area contributed by atoms with Crippen molar-refractivity contribution in [1.29, 1.82) is 0 Å². The molecule has 1 aromatic rings. The standard InChI is InChI=1S/C8H13NO/c1-7(10)2-3-8-4-5-9-6-8/h4-7,9-10H,2-3H2,1H3/t7-/m1/s1. The Morgan fingerprint density at radius 1 is 1.70 bits per heavy atom. The Morgan fingerprint density at radius 2 is 2.50 bits per heavy atom. The van der Waals surface area contributed by atoms with Gasteiger partial charge in [0.1, 0.15) is 0 Å². The van der Waals surface area contributed by atoms with Gasteiger partial charge in [0.2, 0.25) is 0 Å². The lowest BCUT2D eigenvalue weighted by atomic mass is 10.1. The normalized spacial score (nSPS) is 13.4. The maximum Gasteiger partial charge on any atom is 0.0515 e. The molecule has 0 fully saturated rings. The average molecular weight is 139 g/mol. The van der Waals surface area contributed by atoms with Crippen LogP contribution in [-0.2, 0) is 6.42 Å². The Kier molecular flexibility index (Phi) is 2.51. The second-order valence-electron chi connectivity index (χ2n) is 2.61. The first-order chi connectivity index (χ1) is 4.79. The van der Waals surface area contributed by atoms with Crippen molar-refractivity contribution in [1.82, 2.24) is 4.98 Å². The fourth-order valence-electron chi connectivity index (χ4n) is 0.889. The second kappa shape index (κ2) is 3.42. The molecular weight excluding hydrogens is 126 g/mol. The van der Waals surface area contributed by atoms with Gasteiger partial charge in [-0.3, -0.25) is 0 Å². The molecule has 1 atom stereocenters. The van der Waals surface area contributed by atoms with Crippen LogP contribution in [0, 0.1) is 0 Å². The SMILES string of the molecule is C[C@@H](O)CCc1cc[nH]c1. The first kappa shape index (κ1) is 7.35. The van der Waals surface area contributed by atoms with E-state index in [0.29, 0.717) is 0 Å². The molecule has 0 bridgehead atoms. The molecule has 0 aromatic carbocycles. The van der Waals surface area contributed by atoms with Gasteiger partial charge in [-0.1, -0.05) is 0 Å². The van der Waals surface area contributed by atoms with E-state index in [0.717, 1.165) is 12.8 Å². The lowest BCUT2D eigenvalue weighted by molar-refractivity contribution is 0.185. The predicted octanol–water partition coefficient (Wildman–Crippen LogP) is 1.33. The van der Waals surface area contributed by atoms with Crippen molar-refractivity contribution in [3.63, 3.8) is 0 Å². The fourth-order valence-corrected chi connectivity index (χ4v) is 0.889. The summed E-state index contributed by atoms with van der Waals surface area (Å²) >= 11 is 0. The van der Waals surface area contributed by atoms with Gasteiger partial charge in [-0.25, -0.2) is 0 Å². The van der Waals surface area contributed by atoms with Gasteiger partial charge in [0.05, 0.1) is 6.10 Å². The van der Waals surface area contributed by atoms with Gasteiger partial charge in [0.25, 0.3) is 0 Å². The molecule has 0 radical (unpaired) electrons. The number of aliphatic hydroxyl groups excluding tert-OH is 1. The average Bonchev–Trinajstić information content (AvgIpc) is 2.34. The number of aromatic nitrogens is 1. The summed E-state index contributed by atoms with van der Waals surface area (Å²) in [5.74, 6) is 0. The molecule has 10 heavy (non-hydrogen) atoms. The number of H-pyrrole nitrogens is 1. The molecule has 0 aliphatic heterocycles. The monoisotopic (exact) mass is 139 g/mol. The minimum atomic E-state index is -0.185. The second-order valence-corrected chi connectivity index (χ2v) is 2.61. The molecule has 0 amide bonds. The Morgan fingerprint density at radius 3 is 3.00 bits per heavy atom. The molecule has 0 saturated carbocycles. The molecule has 2 nitrogen and oxygen atoms in total. The number of aromatic amines is 1. The molecule has 1 rings (SSSR count). The van der Waals surface area contributed by atoms with Crippen molar-refractivity contribution in [3.05, 3.63) is 24.0 Å². The van der Waals surface area contributed by atoms with Gasteiger partial charge in [-0.2, -0.15) is 0 Å². The van der Waals surface area contributed by atoms with Crippen molar-refractivity contribution in [2.45, 2.75) is 25.9 Å². The van der Waals surface area contributed by atoms with E-state index in [1.165, 1.54) is 5.56 Å². The molecule has 1 heterocycles. The van der Waals surface area contributed by atoms with Crippen LogP contribution in [0.1, 0.15) is 18.9 Å². The summed E-state index contributed by atoms with van der Waals surface area (Å²) < 4.78 is 0. The van der Waals surface area contributed by atoms with Crippen molar-refractivity contribution in [2.24, 2.45) is 0 Å². The maximum atomic E-state index is 8.94. The van der Waals surface area contributed by atoms with E-state index in [4.69, 9.17) is 5.11 Å². The topological polar surface area (TPSA) is 36.0 Å². The van der Waals surface area contributed by atoms with E-state index >= 15 is 0 Å². The maximum absolute atomic E-state index is 8.94. The number of rotatable bonds is 3. The van der Waals surface area contributed by atoms with Crippen LogP contribution in [0.25, 0.3) is 0 Å². The summed E-state index contributed by atoms with van der Waals surface area (Å²) in [4.78, 5) is 2.97. The predicted molar refractivity (Wildman–Crippen MR) is 40.8 cm³/mol. The van der Waals surface area contributed by atoms with Crippen molar-refractivity contribution < 1.29 is 5.11 Å². The van der Waals surface area contributed by atoms with Crippen LogP contribution in [-0.4, -0.2) is 16.2 Å². The van der Waals surface area contributed by atoms with E-state index in [1.54, 1.807) is 0 Å². The van der Waals surface area contributed by atoms with Crippen LogP contribution in [0.3, 0.4) is 0 Å². The summed E-state index contributed by atoms with van der Waals surface area (Å²) in [6.45, 7) is 1.81. The minimum Gasteiger partial charge on any atom is -0.393 e. The van der Waals surface area contributed by atoms with Crippen molar-refractivity contribution in [2.75, 3.05) is 0 Å². The summed E-state index contributed by atoms with van der Waals surface area (Å²) in [7, 11) is 0. The lowest BCUT2D eigenvalue weighted by Gasteiger charge is -2.00. The number of nitrogens with one attached hydrogen (secondary N) is 1. The molecule has 0 saturated heterocycles. The zero-order valence-corrected chi connectivity index (χ0v) is 6.17. The number of aryl methyl sites for hydroxylation is 1. The van der Waals surface area contributed by atoms with Crippen LogP contribution >= 0.6 is 0 Å². The van der Waals surface area contributed by atoms with Crippen LogP contribution in [0.4, 0.5) is 0 Å². The van der Waals surface area contributed by atoms with Crippen molar-refractivity contribution in [3.8, 4) is 0 Å². The van der Waals surface area contributed by atoms with Crippen LogP contribution in [0.5, 0.6) is 0 Å². The first-order valence-electron chi connectivity index (χ1n) is 3.59. The molecule has 2 heteroatoms. The van der Waals surface area contributed by atoms with Crippen LogP contribution < -0.4 is 0 Å². The number of aliphatic hydroxyl groups is 1. The zero-order valence-electron chi connectivity index (χ0n) is 6.17. The molecule has 0 spiro atoms. The fraction of sp³-hybridized carbons (Fsp3) is 0.500. The minimum absolute atomic E-state index is 0.185. The number of hydrogen-bond acceptors (Lipinski definition) is 1. The van der Waals surface area contributed by atoms with Gasteiger partial charge in [-0.15, -0.1) is 0 Å². The van der Waals surface area contributed by atoms with Crippen LogP contribution in [0.15, 0.2) is 18.5 Å². The van der Waals surface area contributed by atoms with Crippen molar-refractivity contribution >= 4 is 0 Å². The highest BCUT2D eigenvalue weighted by Crippen LogP contribution is 2.02.